The van der Waals surface area contributed by atoms with Crippen LogP contribution in [-0.4, -0.2) is 22.0 Å². The van der Waals surface area contributed by atoms with E-state index in [4.69, 9.17) is 4.98 Å². The summed E-state index contributed by atoms with van der Waals surface area (Å²) in [6.45, 7) is 5.34. The Kier molecular flexibility index (Phi) is 6.05. The number of hydrogen-bond donors (Lipinski definition) is 1. The molecule has 0 spiro atoms. The molecule has 1 N–H and O–H groups in total. The van der Waals surface area contributed by atoms with Crippen LogP contribution >= 0.6 is 0 Å². The van der Waals surface area contributed by atoms with Crippen LogP contribution in [0.3, 0.4) is 0 Å². The van der Waals surface area contributed by atoms with Crippen LogP contribution in [0, 0.1) is 6.92 Å². The number of imidazole rings is 1. The van der Waals surface area contributed by atoms with Gasteiger partial charge in [-0.2, -0.15) is 0 Å². The molecular formula is C22H27N3O. The molecule has 26 heavy (non-hydrogen) atoms. The lowest BCUT2D eigenvalue weighted by atomic mass is 10.1. The minimum absolute atomic E-state index is 0.0463. The number of carbonyl (C=O) groups excluding carboxylic acids is 1. The van der Waals surface area contributed by atoms with Gasteiger partial charge in [0.25, 0.3) is 0 Å². The lowest BCUT2D eigenvalue weighted by Crippen LogP contribution is -2.20. The molecule has 1 amide bonds. The highest BCUT2D eigenvalue weighted by atomic mass is 16.1. The highest BCUT2D eigenvalue weighted by Gasteiger charge is 2.11. The van der Waals surface area contributed by atoms with Crippen LogP contribution in [0.1, 0.15) is 43.1 Å². The van der Waals surface area contributed by atoms with Crippen molar-refractivity contribution in [1.82, 2.24) is 14.9 Å². The molecule has 0 aliphatic rings. The zero-order valence-corrected chi connectivity index (χ0v) is 15.7. The van der Waals surface area contributed by atoms with Gasteiger partial charge in [-0.05, 0) is 43.0 Å². The molecule has 136 valence electrons. The first-order valence-electron chi connectivity index (χ1n) is 9.38. The molecule has 0 fully saturated rings. The Morgan fingerprint density at radius 1 is 1.04 bits per heavy atom. The Morgan fingerprint density at radius 3 is 2.62 bits per heavy atom. The van der Waals surface area contributed by atoms with Gasteiger partial charge >= 0.3 is 0 Å². The molecule has 0 aliphatic heterocycles. The number of rotatable bonds is 8. The maximum atomic E-state index is 10.9. The molecule has 2 aromatic carbocycles. The molecule has 4 nitrogen and oxygen atoms in total. The summed E-state index contributed by atoms with van der Waals surface area (Å²) in [5, 5.41) is 2.86. The number of carbonyl (C=O) groups is 1. The third kappa shape index (κ3) is 4.51. The van der Waals surface area contributed by atoms with E-state index in [2.05, 4.69) is 59.3 Å². The van der Waals surface area contributed by atoms with Crippen LogP contribution in [-0.2, 0) is 17.8 Å². The maximum absolute atomic E-state index is 10.9. The molecule has 0 saturated carbocycles. The van der Waals surface area contributed by atoms with Crippen molar-refractivity contribution >= 4 is 16.9 Å². The Bertz CT molecular complexity index is 882. The number of fused-ring (bicyclic) bond motifs is 1. The molecule has 0 bridgehead atoms. The fourth-order valence-electron chi connectivity index (χ4n) is 3.30. The summed E-state index contributed by atoms with van der Waals surface area (Å²) in [6.07, 6.45) is 4.14. The number of aromatic nitrogens is 2. The predicted octanol–water partition coefficient (Wildman–Crippen LogP) is 4.24. The third-order valence-electron chi connectivity index (χ3n) is 4.77. The summed E-state index contributed by atoms with van der Waals surface area (Å²) in [7, 11) is 0. The predicted molar refractivity (Wildman–Crippen MR) is 106 cm³/mol. The second-order valence-electron chi connectivity index (χ2n) is 6.82. The van der Waals surface area contributed by atoms with Gasteiger partial charge in [0, 0.05) is 26.4 Å². The van der Waals surface area contributed by atoms with Crippen LogP contribution in [0.2, 0.25) is 0 Å². The molecule has 3 aromatic rings. The minimum atomic E-state index is 0.0463. The normalized spacial score (nSPS) is 11.0. The molecule has 0 aliphatic carbocycles. The standard InChI is InChI=1S/C22H27N3O/c1-17-10-5-6-11-19(17)16-25-21-13-8-7-12-20(21)24-22(25)14-4-3-9-15-23-18(2)26/h5-8,10-13H,3-4,9,14-16H2,1-2H3,(H,23,26). The number of aryl methyl sites for hydroxylation is 2. The van der Waals surface area contributed by atoms with Crippen molar-refractivity contribution in [2.24, 2.45) is 0 Å². The zero-order valence-electron chi connectivity index (χ0n) is 15.7. The van der Waals surface area contributed by atoms with Crippen molar-refractivity contribution in [2.45, 2.75) is 46.1 Å². The van der Waals surface area contributed by atoms with E-state index in [0.717, 1.165) is 50.1 Å². The molecule has 4 heteroatoms. The number of hydrogen-bond acceptors (Lipinski definition) is 2. The van der Waals surface area contributed by atoms with Crippen LogP contribution in [0.5, 0.6) is 0 Å². The molecule has 1 heterocycles. The molecule has 1 aromatic heterocycles. The van der Waals surface area contributed by atoms with Crippen molar-refractivity contribution < 1.29 is 4.79 Å². The Morgan fingerprint density at radius 2 is 1.81 bits per heavy atom. The van der Waals surface area contributed by atoms with Gasteiger partial charge in [-0.25, -0.2) is 4.98 Å². The molecule has 0 saturated heterocycles. The van der Waals surface area contributed by atoms with Crippen molar-refractivity contribution in [3.8, 4) is 0 Å². The summed E-state index contributed by atoms with van der Waals surface area (Å²) in [6, 6.07) is 16.9. The van der Waals surface area contributed by atoms with E-state index < -0.39 is 0 Å². The molecule has 0 radical (unpaired) electrons. The monoisotopic (exact) mass is 349 g/mol. The number of nitrogens with zero attached hydrogens (tertiary/aromatic N) is 2. The van der Waals surface area contributed by atoms with E-state index in [-0.39, 0.29) is 5.91 Å². The van der Waals surface area contributed by atoms with Gasteiger partial charge in [-0.3, -0.25) is 4.79 Å². The summed E-state index contributed by atoms with van der Waals surface area (Å²) in [5.74, 6) is 1.19. The van der Waals surface area contributed by atoms with Gasteiger partial charge in [0.1, 0.15) is 5.82 Å². The first kappa shape index (κ1) is 18.2. The van der Waals surface area contributed by atoms with E-state index in [0.29, 0.717) is 0 Å². The number of amides is 1. The van der Waals surface area contributed by atoms with Gasteiger partial charge in [-0.15, -0.1) is 0 Å². The highest BCUT2D eigenvalue weighted by molar-refractivity contribution is 5.76. The lowest BCUT2D eigenvalue weighted by molar-refractivity contribution is -0.118. The highest BCUT2D eigenvalue weighted by Crippen LogP contribution is 2.20. The van der Waals surface area contributed by atoms with Gasteiger partial charge in [-0.1, -0.05) is 42.8 Å². The summed E-state index contributed by atoms with van der Waals surface area (Å²) in [5.41, 5.74) is 4.91. The first-order chi connectivity index (χ1) is 12.6. The fraction of sp³-hybridized carbons (Fsp3) is 0.364. The van der Waals surface area contributed by atoms with E-state index in [1.165, 1.54) is 16.6 Å². The molecular weight excluding hydrogens is 322 g/mol. The molecule has 0 atom stereocenters. The van der Waals surface area contributed by atoms with Gasteiger partial charge in [0.05, 0.1) is 11.0 Å². The minimum Gasteiger partial charge on any atom is -0.356 e. The second-order valence-corrected chi connectivity index (χ2v) is 6.82. The summed E-state index contributed by atoms with van der Waals surface area (Å²) in [4.78, 5) is 15.8. The van der Waals surface area contributed by atoms with Crippen LogP contribution < -0.4 is 5.32 Å². The molecule has 0 unspecified atom stereocenters. The lowest BCUT2D eigenvalue weighted by Gasteiger charge is -2.11. The third-order valence-corrected chi connectivity index (χ3v) is 4.77. The topological polar surface area (TPSA) is 46.9 Å². The van der Waals surface area contributed by atoms with Crippen LogP contribution in [0.4, 0.5) is 0 Å². The average Bonchev–Trinajstić information content (AvgIpc) is 2.97. The van der Waals surface area contributed by atoms with Crippen LogP contribution in [0.25, 0.3) is 11.0 Å². The van der Waals surface area contributed by atoms with Crippen molar-refractivity contribution in [3.05, 3.63) is 65.5 Å². The number of benzene rings is 2. The van der Waals surface area contributed by atoms with Crippen molar-refractivity contribution in [2.75, 3.05) is 6.54 Å². The van der Waals surface area contributed by atoms with Crippen molar-refractivity contribution in [1.29, 1.82) is 0 Å². The van der Waals surface area contributed by atoms with E-state index in [1.54, 1.807) is 6.92 Å². The van der Waals surface area contributed by atoms with Crippen LogP contribution in [0.15, 0.2) is 48.5 Å². The quantitative estimate of drug-likeness (QED) is 0.618. The number of para-hydroxylation sites is 2. The van der Waals surface area contributed by atoms with E-state index in [9.17, 15) is 4.79 Å². The Labute approximate surface area is 155 Å². The van der Waals surface area contributed by atoms with Gasteiger partial charge in [0.15, 0.2) is 0 Å². The van der Waals surface area contributed by atoms with Gasteiger partial charge < -0.3 is 9.88 Å². The summed E-state index contributed by atoms with van der Waals surface area (Å²) < 4.78 is 2.35. The maximum Gasteiger partial charge on any atom is 0.216 e. The second kappa shape index (κ2) is 8.65. The summed E-state index contributed by atoms with van der Waals surface area (Å²) >= 11 is 0. The largest absolute Gasteiger partial charge is 0.356 e. The Balaban J connectivity index is 1.73. The average molecular weight is 349 g/mol. The molecule has 3 rings (SSSR count). The van der Waals surface area contributed by atoms with E-state index in [1.807, 2.05) is 6.07 Å². The van der Waals surface area contributed by atoms with E-state index >= 15 is 0 Å². The number of nitrogens with one attached hydrogen (secondary N) is 1. The smallest absolute Gasteiger partial charge is 0.216 e. The first-order valence-corrected chi connectivity index (χ1v) is 9.38. The van der Waals surface area contributed by atoms with Crippen molar-refractivity contribution in [3.63, 3.8) is 0 Å². The SMILES string of the molecule is CC(=O)NCCCCCc1nc2ccccc2n1Cc1ccccc1C. The zero-order chi connectivity index (χ0) is 18.4. The number of unbranched alkanes of at least 4 members (excludes halogenated alkanes) is 2. The fourth-order valence-corrected chi connectivity index (χ4v) is 3.30. The Hall–Kier alpha value is -2.62. The van der Waals surface area contributed by atoms with Gasteiger partial charge in [0.2, 0.25) is 5.91 Å².